The van der Waals surface area contributed by atoms with E-state index in [0.717, 1.165) is 39.4 Å². The first-order chi connectivity index (χ1) is 14.8. The highest BCUT2D eigenvalue weighted by Crippen LogP contribution is 2.47. The molecule has 2 heterocycles. The SMILES string of the molecule is Brc1ccc(-c2nnc(SC3(c4ccccc4)OCCO3)n2C2CCCCC2)cc1. The van der Waals surface area contributed by atoms with E-state index in [1.807, 2.05) is 18.2 Å². The van der Waals surface area contributed by atoms with Crippen molar-refractivity contribution in [2.75, 3.05) is 13.2 Å². The fourth-order valence-corrected chi connectivity index (χ4v) is 5.71. The van der Waals surface area contributed by atoms with Gasteiger partial charge < -0.3 is 9.47 Å². The van der Waals surface area contributed by atoms with Crippen LogP contribution in [0.25, 0.3) is 11.4 Å². The van der Waals surface area contributed by atoms with Crippen LogP contribution in [0.5, 0.6) is 0 Å². The summed E-state index contributed by atoms with van der Waals surface area (Å²) in [6, 6.07) is 18.8. The van der Waals surface area contributed by atoms with Crippen molar-refractivity contribution in [3.63, 3.8) is 0 Å². The van der Waals surface area contributed by atoms with E-state index in [2.05, 4.69) is 67.1 Å². The van der Waals surface area contributed by atoms with Crippen LogP contribution >= 0.6 is 27.7 Å². The predicted octanol–water partition coefficient (Wildman–Crippen LogP) is 6.16. The second-order valence-corrected chi connectivity index (χ2v) is 9.72. The molecule has 0 unspecified atom stereocenters. The van der Waals surface area contributed by atoms with E-state index in [1.165, 1.54) is 31.0 Å². The summed E-state index contributed by atoms with van der Waals surface area (Å²) in [4.78, 5) is 0. The maximum Gasteiger partial charge on any atom is 0.253 e. The summed E-state index contributed by atoms with van der Waals surface area (Å²) in [6.07, 6.45) is 6.08. The van der Waals surface area contributed by atoms with Crippen LogP contribution in [0.2, 0.25) is 0 Å². The Labute approximate surface area is 189 Å². The van der Waals surface area contributed by atoms with Crippen LogP contribution in [-0.2, 0) is 14.6 Å². The second-order valence-electron chi connectivity index (χ2n) is 7.70. The van der Waals surface area contributed by atoms with Gasteiger partial charge >= 0.3 is 0 Å². The third kappa shape index (κ3) is 3.96. The van der Waals surface area contributed by atoms with Crippen molar-refractivity contribution in [2.24, 2.45) is 0 Å². The van der Waals surface area contributed by atoms with Crippen LogP contribution in [0.1, 0.15) is 43.7 Å². The largest absolute Gasteiger partial charge is 0.335 e. The van der Waals surface area contributed by atoms with Crippen LogP contribution in [-0.4, -0.2) is 28.0 Å². The van der Waals surface area contributed by atoms with Gasteiger partial charge in [-0.2, -0.15) is 0 Å². The summed E-state index contributed by atoms with van der Waals surface area (Å²) in [5.74, 6) is 0.915. The van der Waals surface area contributed by atoms with Gasteiger partial charge in [0, 0.05) is 21.6 Å². The Kier molecular flexibility index (Phi) is 5.96. The minimum absolute atomic E-state index is 0.393. The Hall–Kier alpha value is -1.67. The average molecular weight is 486 g/mol. The van der Waals surface area contributed by atoms with E-state index < -0.39 is 5.12 Å². The third-order valence-corrected chi connectivity index (χ3v) is 7.46. The van der Waals surface area contributed by atoms with Crippen LogP contribution in [0, 0.1) is 0 Å². The van der Waals surface area contributed by atoms with Gasteiger partial charge in [-0.15, -0.1) is 10.2 Å². The fourth-order valence-electron chi connectivity index (χ4n) is 4.25. The Morgan fingerprint density at radius 2 is 1.60 bits per heavy atom. The molecule has 0 N–H and O–H groups in total. The highest BCUT2D eigenvalue weighted by molar-refractivity contribution is 9.10. The van der Waals surface area contributed by atoms with Gasteiger partial charge in [0.1, 0.15) is 0 Å². The van der Waals surface area contributed by atoms with Crippen molar-refractivity contribution in [1.82, 2.24) is 14.8 Å². The molecule has 156 valence electrons. The molecule has 2 aliphatic rings. The lowest BCUT2D eigenvalue weighted by Crippen LogP contribution is -2.24. The molecule has 0 radical (unpaired) electrons. The van der Waals surface area contributed by atoms with Gasteiger partial charge in [0.25, 0.3) is 5.12 Å². The standard InChI is InChI=1S/C23H24BrN3O2S/c24-19-13-11-17(12-14-19)21-25-26-22(27(21)20-9-5-2-6-10-20)30-23(28-15-16-29-23)18-7-3-1-4-8-18/h1,3-4,7-8,11-14,20H,2,5-6,9-10,15-16H2. The zero-order valence-corrected chi connectivity index (χ0v) is 19.1. The Bertz CT molecular complexity index is 981. The maximum absolute atomic E-state index is 6.16. The summed E-state index contributed by atoms with van der Waals surface area (Å²) in [7, 11) is 0. The molecule has 0 atom stereocenters. The summed E-state index contributed by atoms with van der Waals surface area (Å²) in [5, 5.41) is 9.23. The molecule has 1 aliphatic carbocycles. The molecule has 30 heavy (non-hydrogen) atoms. The second kappa shape index (κ2) is 8.83. The average Bonchev–Trinajstić information content (AvgIpc) is 3.44. The first kappa shape index (κ1) is 20.2. The van der Waals surface area contributed by atoms with Gasteiger partial charge in [-0.25, -0.2) is 0 Å². The molecule has 5 rings (SSSR count). The third-order valence-electron chi connectivity index (χ3n) is 5.73. The predicted molar refractivity (Wildman–Crippen MR) is 121 cm³/mol. The first-order valence-electron chi connectivity index (χ1n) is 10.5. The van der Waals surface area contributed by atoms with Gasteiger partial charge in [0.05, 0.1) is 13.2 Å². The van der Waals surface area contributed by atoms with E-state index in [-0.39, 0.29) is 0 Å². The quantitative estimate of drug-likeness (QED) is 0.432. The number of hydrogen-bond acceptors (Lipinski definition) is 5. The van der Waals surface area contributed by atoms with E-state index in [1.54, 1.807) is 0 Å². The number of hydrogen-bond donors (Lipinski definition) is 0. The molecule has 1 aliphatic heterocycles. The molecule has 5 nitrogen and oxygen atoms in total. The van der Waals surface area contributed by atoms with E-state index in [9.17, 15) is 0 Å². The molecule has 1 saturated heterocycles. The topological polar surface area (TPSA) is 49.2 Å². The maximum atomic E-state index is 6.16. The van der Waals surface area contributed by atoms with Gasteiger partial charge in [0.2, 0.25) is 0 Å². The van der Waals surface area contributed by atoms with Gasteiger partial charge in [-0.1, -0.05) is 77.7 Å². The number of ether oxygens (including phenoxy) is 2. The number of benzene rings is 2. The fraction of sp³-hybridized carbons (Fsp3) is 0.391. The van der Waals surface area contributed by atoms with Gasteiger partial charge in [-0.05, 0) is 36.7 Å². The van der Waals surface area contributed by atoms with Crippen molar-refractivity contribution in [3.05, 3.63) is 64.6 Å². The molecular formula is C23H24BrN3O2S. The Morgan fingerprint density at radius 3 is 2.30 bits per heavy atom. The van der Waals surface area contributed by atoms with Crippen molar-refractivity contribution >= 4 is 27.7 Å². The first-order valence-corrected chi connectivity index (χ1v) is 12.1. The zero-order chi connectivity index (χ0) is 20.4. The molecule has 2 fully saturated rings. The van der Waals surface area contributed by atoms with Crippen LogP contribution in [0.4, 0.5) is 0 Å². The van der Waals surface area contributed by atoms with E-state index in [4.69, 9.17) is 9.47 Å². The van der Waals surface area contributed by atoms with Crippen molar-refractivity contribution in [1.29, 1.82) is 0 Å². The Balaban J connectivity index is 1.56. The zero-order valence-electron chi connectivity index (χ0n) is 16.7. The van der Waals surface area contributed by atoms with Crippen LogP contribution < -0.4 is 0 Å². The minimum Gasteiger partial charge on any atom is -0.335 e. The number of thioether (sulfide) groups is 1. The van der Waals surface area contributed by atoms with Crippen molar-refractivity contribution in [2.45, 2.75) is 48.4 Å². The van der Waals surface area contributed by atoms with Crippen LogP contribution in [0.3, 0.4) is 0 Å². The van der Waals surface area contributed by atoms with Crippen molar-refractivity contribution < 1.29 is 9.47 Å². The Morgan fingerprint density at radius 1 is 0.900 bits per heavy atom. The van der Waals surface area contributed by atoms with Crippen molar-refractivity contribution in [3.8, 4) is 11.4 Å². The van der Waals surface area contributed by atoms with Gasteiger partial charge in [-0.3, -0.25) is 4.57 Å². The van der Waals surface area contributed by atoms with Gasteiger partial charge in [0.15, 0.2) is 11.0 Å². The lowest BCUT2D eigenvalue weighted by molar-refractivity contribution is -0.0819. The molecule has 3 aromatic rings. The molecule has 2 aromatic carbocycles. The number of nitrogens with zero attached hydrogens (tertiary/aromatic N) is 3. The molecule has 1 saturated carbocycles. The minimum atomic E-state index is -0.877. The smallest absolute Gasteiger partial charge is 0.253 e. The highest BCUT2D eigenvalue weighted by Gasteiger charge is 2.42. The molecule has 0 bridgehead atoms. The molecule has 1 aromatic heterocycles. The number of aromatic nitrogens is 3. The number of halogens is 1. The highest BCUT2D eigenvalue weighted by atomic mass is 79.9. The molecule has 7 heteroatoms. The lowest BCUT2D eigenvalue weighted by Gasteiger charge is -2.29. The molecule has 0 spiro atoms. The molecular weight excluding hydrogens is 462 g/mol. The summed E-state index contributed by atoms with van der Waals surface area (Å²) >= 11 is 5.06. The normalized spacial score (nSPS) is 19.2. The monoisotopic (exact) mass is 485 g/mol. The van der Waals surface area contributed by atoms with E-state index in [0.29, 0.717) is 19.3 Å². The summed E-state index contributed by atoms with van der Waals surface area (Å²) < 4.78 is 15.7. The van der Waals surface area contributed by atoms with Crippen LogP contribution in [0.15, 0.2) is 64.2 Å². The molecule has 0 amide bonds. The lowest BCUT2D eigenvalue weighted by atomic mass is 9.95. The number of rotatable bonds is 5. The van der Waals surface area contributed by atoms with E-state index >= 15 is 0 Å². The summed E-state index contributed by atoms with van der Waals surface area (Å²) in [6.45, 7) is 1.14. The summed E-state index contributed by atoms with van der Waals surface area (Å²) in [5.41, 5.74) is 2.07.